The third kappa shape index (κ3) is 2.36. The van der Waals surface area contributed by atoms with E-state index in [1.807, 2.05) is 10.8 Å². The van der Waals surface area contributed by atoms with Gasteiger partial charge >= 0.3 is 0 Å². The Morgan fingerprint density at radius 2 is 1.96 bits per heavy atom. The standard InChI is InChI=1S/C17H24N6/c1-16(2)6-12-7-17(3,8-16)9-23(12)15-13(18)14(20-10-21-15)22-5-4-19-11-22/h4-5,10-12H,6-9,18H2,1-3H3. The highest BCUT2D eigenvalue weighted by atomic mass is 15.3. The molecule has 0 radical (unpaired) electrons. The minimum Gasteiger partial charge on any atom is -0.393 e. The lowest BCUT2D eigenvalue weighted by Gasteiger charge is -2.39. The van der Waals surface area contributed by atoms with Crippen molar-refractivity contribution in [2.45, 2.75) is 46.1 Å². The summed E-state index contributed by atoms with van der Waals surface area (Å²) < 4.78 is 1.84. The summed E-state index contributed by atoms with van der Waals surface area (Å²) in [6.07, 6.45) is 10.6. The minimum absolute atomic E-state index is 0.346. The molecule has 4 rings (SSSR count). The van der Waals surface area contributed by atoms with E-state index < -0.39 is 0 Å². The van der Waals surface area contributed by atoms with E-state index in [1.54, 1.807) is 18.9 Å². The highest BCUT2D eigenvalue weighted by Gasteiger charge is 2.50. The van der Waals surface area contributed by atoms with Gasteiger partial charge in [0, 0.05) is 25.0 Å². The van der Waals surface area contributed by atoms with Crippen molar-refractivity contribution in [3.8, 4) is 5.82 Å². The van der Waals surface area contributed by atoms with E-state index in [0.29, 0.717) is 28.4 Å². The zero-order valence-electron chi connectivity index (χ0n) is 14.0. The molecular weight excluding hydrogens is 288 g/mol. The molecule has 6 nitrogen and oxygen atoms in total. The molecule has 3 heterocycles. The number of nitrogens with two attached hydrogens (primary N) is 1. The zero-order chi connectivity index (χ0) is 16.2. The lowest BCUT2D eigenvalue weighted by atomic mass is 9.65. The van der Waals surface area contributed by atoms with Crippen molar-refractivity contribution in [2.75, 3.05) is 17.2 Å². The molecule has 2 N–H and O–H groups in total. The Bertz CT molecular complexity index is 723. The van der Waals surface area contributed by atoms with Gasteiger partial charge in [0.1, 0.15) is 18.3 Å². The van der Waals surface area contributed by atoms with Gasteiger partial charge < -0.3 is 10.6 Å². The van der Waals surface area contributed by atoms with Gasteiger partial charge in [-0.25, -0.2) is 15.0 Å². The molecule has 0 amide bonds. The first kappa shape index (κ1) is 14.5. The maximum atomic E-state index is 6.43. The Morgan fingerprint density at radius 1 is 1.17 bits per heavy atom. The number of anilines is 2. The summed E-state index contributed by atoms with van der Waals surface area (Å²) in [4.78, 5) is 15.4. The molecule has 0 spiro atoms. The topological polar surface area (TPSA) is 72.9 Å². The van der Waals surface area contributed by atoms with Gasteiger partial charge in [0.15, 0.2) is 11.6 Å². The number of hydrogen-bond acceptors (Lipinski definition) is 5. The molecule has 1 saturated carbocycles. The fourth-order valence-corrected chi connectivity index (χ4v) is 4.90. The summed E-state index contributed by atoms with van der Waals surface area (Å²) in [5.74, 6) is 1.58. The molecule has 2 atom stereocenters. The Balaban J connectivity index is 1.74. The van der Waals surface area contributed by atoms with Gasteiger partial charge in [0.25, 0.3) is 0 Å². The average molecular weight is 312 g/mol. The second-order valence-electron chi connectivity index (χ2n) is 8.25. The van der Waals surface area contributed by atoms with Gasteiger partial charge in [-0.05, 0) is 30.1 Å². The van der Waals surface area contributed by atoms with Gasteiger partial charge in [-0.3, -0.25) is 4.57 Å². The number of rotatable bonds is 2. The highest BCUT2D eigenvalue weighted by Crippen LogP contribution is 2.53. The van der Waals surface area contributed by atoms with Crippen molar-refractivity contribution in [1.29, 1.82) is 0 Å². The third-order valence-corrected chi connectivity index (χ3v) is 5.28. The van der Waals surface area contributed by atoms with Crippen molar-refractivity contribution in [3.05, 3.63) is 25.0 Å². The monoisotopic (exact) mass is 312 g/mol. The first-order valence-corrected chi connectivity index (χ1v) is 8.22. The molecular formula is C17H24N6. The summed E-state index contributed by atoms with van der Waals surface area (Å²) in [5.41, 5.74) is 7.79. The van der Waals surface area contributed by atoms with E-state index in [0.717, 1.165) is 12.4 Å². The second kappa shape index (κ2) is 4.69. The van der Waals surface area contributed by atoms with Crippen LogP contribution in [0, 0.1) is 10.8 Å². The smallest absolute Gasteiger partial charge is 0.166 e. The van der Waals surface area contributed by atoms with Crippen LogP contribution >= 0.6 is 0 Å². The van der Waals surface area contributed by atoms with Crippen LogP contribution in [0.4, 0.5) is 11.5 Å². The molecule has 2 bridgehead atoms. The minimum atomic E-state index is 0.346. The number of aromatic nitrogens is 4. The largest absolute Gasteiger partial charge is 0.393 e. The van der Waals surface area contributed by atoms with Crippen LogP contribution in [0.25, 0.3) is 5.82 Å². The van der Waals surface area contributed by atoms with Crippen LogP contribution in [0.1, 0.15) is 40.0 Å². The van der Waals surface area contributed by atoms with Crippen molar-refractivity contribution in [3.63, 3.8) is 0 Å². The molecule has 23 heavy (non-hydrogen) atoms. The van der Waals surface area contributed by atoms with E-state index in [4.69, 9.17) is 5.73 Å². The van der Waals surface area contributed by atoms with Gasteiger partial charge in [0.05, 0.1) is 0 Å². The maximum absolute atomic E-state index is 6.43. The summed E-state index contributed by atoms with van der Waals surface area (Å²) in [7, 11) is 0. The Hall–Kier alpha value is -2.11. The molecule has 2 aromatic rings. The molecule has 2 fully saturated rings. The number of imidazole rings is 1. The van der Waals surface area contributed by atoms with Crippen LogP contribution in [0.2, 0.25) is 0 Å². The van der Waals surface area contributed by atoms with Crippen LogP contribution in [-0.2, 0) is 0 Å². The van der Waals surface area contributed by atoms with Crippen LogP contribution in [0.3, 0.4) is 0 Å². The van der Waals surface area contributed by atoms with Crippen LogP contribution < -0.4 is 10.6 Å². The number of fused-ring (bicyclic) bond motifs is 2. The number of nitrogen functional groups attached to an aromatic ring is 1. The summed E-state index contributed by atoms with van der Waals surface area (Å²) >= 11 is 0. The molecule has 1 saturated heterocycles. The van der Waals surface area contributed by atoms with E-state index >= 15 is 0 Å². The van der Waals surface area contributed by atoms with Gasteiger partial charge in [0.2, 0.25) is 0 Å². The quantitative estimate of drug-likeness (QED) is 0.923. The molecule has 122 valence electrons. The van der Waals surface area contributed by atoms with E-state index in [2.05, 4.69) is 40.6 Å². The van der Waals surface area contributed by atoms with Crippen LogP contribution in [-0.4, -0.2) is 32.1 Å². The van der Waals surface area contributed by atoms with E-state index in [1.165, 1.54) is 19.3 Å². The Kier molecular flexibility index (Phi) is 2.95. The normalized spacial score (nSPS) is 29.0. The summed E-state index contributed by atoms with van der Waals surface area (Å²) in [5, 5.41) is 0. The second-order valence-corrected chi connectivity index (χ2v) is 8.25. The maximum Gasteiger partial charge on any atom is 0.166 e. The Morgan fingerprint density at radius 3 is 2.70 bits per heavy atom. The molecule has 0 aromatic carbocycles. The van der Waals surface area contributed by atoms with Crippen molar-refractivity contribution < 1.29 is 0 Å². The van der Waals surface area contributed by atoms with Crippen LogP contribution in [0.15, 0.2) is 25.0 Å². The number of hydrogen-bond donors (Lipinski definition) is 1. The molecule has 2 aromatic heterocycles. The molecule has 2 aliphatic rings. The fraction of sp³-hybridized carbons (Fsp3) is 0.588. The molecule has 6 heteroatoms. The van der Waals surface area contributed by atoms with Gasteiger partial charge in [-0.1, -0.05) is 20.8 Å². The zero-order valence-corrected chi connectivity index (χ0v) is 14.0. The van der Waals surface area contributed by atoms with Crippen LogP contribution in [0.5, 0.6) is 0 Å². The predicted octanol–water partition coefficient (Wildman–Crippen LogP) is 2.65. The number of nitrogens with zero attached hydrogens (tertiary/aromatic N) is 5. The van der Waals surface area contributed by atoms with Crippen molar-refractivity contribution in [1.82, 2.24) is 19.5 Å². The van der Waals surface area contributed by atoms with Crippen molar-refractivity contribution >= 4 is 11.5 Å². The Labute approximate surface area is 136 Å². The molecule has 1 aliphatic carbocycles. The first-order valence-electron chi connectivity index (χ1n) is 8.22. The highest BCUT2D eigenvalue weighted by molar-refractivity contribution is 5.71. The van der Waals surface area contributed by atoms with Crippen molar-refractivity contribution in [2.24, 2.45) is 10.8 Å². The van der Waals surface area contributed by atoms with E-state index in [9.17, 15) is 0 Å². The van der Waals surface area contributed by atoms with Gasteiger partial charge in [-0.2, -0.15) is 0 Å². The summed E-state index contributed by atoms with van der Waals surface area (Å²) in [6.45, 7) is 8.17. The first-order chi connectivity index (χ1) is 10.9. The lowest BCUT2D eigenvalue weighted by Crippen LogP contribution is -2.35. The predicted molar refractivity (Wildman–Crippen MR) is 90.4 cm³/mol. The van der Waals surface area contributed by atoms with Gasteiger partial charge in [-0.15, -0.1) is 0 Å². The molecule has 2 unspecified atom stereocenters. The van der Waals surface area contributed by atoms with E-state index in [-0.39, 0.29) is 0 Å². The summed E-state index contributed by atoms with van der Waals surface area (Å²) in [6, 6.07) is 0.511. The SMILES string of the molecule is CC1(C)CC2CC(C)(CN2c2ncnc(-n3ccnc3)c2N)C1. The third-order valence-electron chi connectivity index (χ3n) is 5.28. The molecule has 1 aliphatic heterocycles. The fourth-order valence-electron chi connectivity index (χ4n) is 4.90. The lowest BCUT2D eigenvalue weighted by molar-refractivity contribution is 0.136. The average Bonchev–Trinajstić information content (AvgIpc) is 3.04.